The summed E-state index contributed by atoms with van der Waals surface area (Å²) in [6.45, 7) is 8.24. The lowest BCUT2D eigenvalue weighted by atomic mass is 10.2. The highest BCUT2D eigenvalue weighted by Gasteiger charge is 2.43. The van der Waals surface area contributed by atoms with Gasteiger partial charge in [-0.1, -0.05) is 37.3 Å². The minimum atomic E-state index is -1.90. The summed E-state index contributed by atoms with van der Waals surface area (Å²) < 4.78 is 5.66. The van der Waals surface area contributed by atoms with E-state index in [1.807, 2.05) is 50.8 Å². The fourth-order valence-corrected chi connectivity index (χ4v) is 2.34. The van der Waals surface area contributed by atoms with Crippen LogP contribution >= 0.6 is 0 Å². The second kappa shape index (κ2) is 4.57. The molecule has 0 aliphatic carbocycles. The molecule has 4 heteroatoms. The summed E-state index contributed by atoms with van der Waals surface area (Å²) in [5.74, 6) is 0.668. The molecule has 0 saturated heterocycles. The molecule has 3 nitrogen and oxygen atoms in total. The lowest BCUT2D eigenvalue weighted by Crippen LogP contribution is -2.61. The van der Waals surface area contributed by atoms with Crippen LogP contribution in [-0.4, -0.2) is 25.1 Å². The van der Waals surface area contributed by atoms with E-state index in [1.54, 1.807) is 0 Å². The lowest BCUT2D eigenvalue weighted by molar-refractivity contribution is -0.0637. The number of benzene rings is 1. The molecule has 0 amide bonds. The predicted molar refractivity (Wildman–Crippen MR) is 69.2 cm³/mol. The molecule has 0 saturated carbocycles. The first kappa shape index (κ1) is 13.2. The number of nitrogens with two attached hydrogens (primary N) is 1. The molecule has 0 heterocycles. The van der Waals surface area contributed by atoms with E-state index in [1.165, 1.54) is 0 Å². The van der Waals surface area contributed by atoms with Gasteiger partial charge in [0.25, 0.3) is 0 Å². The fraction of sp³-hybridized carbons (Fsp3) is 0.500. The van der Waals surface area contributed by atoms with Crippen molar-refractivity contribution in [3.8, 4) is 5.75 Å². The summed E-state index contributed by atoms with van der Waals surface area (Å²) in [5, 5.41) is 10.4. The van der Waals surface area contributed by atoms with E-state index in [-0.39, 0.29) is 6.54 Å². The van der Waals surface area contributed by atoms with Crippen LogP contribution in [0.5, 0.6) is 5.75 Å². The molecule has 90 valence electrons. The Balaban J connectivity index is 2.89. The van der Waals surface area contributed by atoms with Crippen LogP contribution < -0.4 is 10.5 Å². The Hall–Kier alpha value is -0.843. The van der Waals surface area contributed by atoms with Crippen molar-refractivity contribution in [3.63, 3.8) is 0 Å². The summed E-state index contributed by atoms with van der Waals surface area (Å²) in [5.41, 5.74) is 5.59. The summed E-state index contributed by atoms with van der Waals surface area (Å²) in [4.78, 5) is 0. The van der Waals surface area contributed by atoms with Gasteiger partial charge in [0.15, 0.2) is 5.41 Å². The fourth-order valence-electron chi connectivity index (χ4n) is 1.30. The highest BCUT2D eigenvalue weighted by molar-refractivity contribution is 6.78. The smallest absolute Gasteiger partial charge is 0.199 e. The van der Waals surface area contributed by atoms with Crippen LogP contribution in [0, 0.1) is 6.92 Å². The van der Waals surface area contributed by atoms with Gasteiger partial charge in [0.2, 0.25) is 0 Å². The van der Waals surface area contributed by atoms with Crippen LogP contribution in [0.25, 0.3) is 0 Å². The SMILES string of the molecule is Cc1ccc(O[C@](O)(CN)[Si](C)(C)C)cc1. The minimum Gasteiger partial charge on any atom is -0.465 e. The molecule has 1 aromatic carbocycles. The molecule has 0 radical (unpaired) electrons. The molecule has 1 atom stereocenters. The predicted octanol–water partition coefficient (Wildman–Crippen LogP) is 1.90. The van der Waals surface area contributed by atoms with Crippen LogP contribution in [0.1, 0.15) is 5.56 Å². The Morgan fingerprint density at radius 3 is 2.12 bits per heavy atom. The van der Waals surface area contributed by atoms with E-state index in [2.05, 4.69) is 0 Å². The van der Waals surface area contributed by atoms with Crippen molar-refractivity contribution in [2.45, 2.75) is 32.0 Å². The summed E-state index contributed by atoms with van der Waals surface area (Å²) in [6, 6.07) is 7.62. The molecular weight excluding hydrogens is 218 g/mol. The van der Waals surface area contributed by atoms with Crippen LogP contribution in [0.3, 0.4) is 0 Å². The van der Waals surface area contributed by atoms with E-state index >= 15 is 0 Å². The van der Waals surface area contributed by atoms with E-state index < -0.39 is 13.5 Å². The second-order valence-electron chi connectivity index (χ2n) is 5.15. The van der Waals surface area contributed by atoms with Gasteiger partial charge in [-0.2, -0.15) is 0 Å². The van der Waals surface area contributed by atoms with Crippen LogP contribution in [0.2, 0.25) is 19.6 Å². The lowest BCUT2D eigenvalue weighted by Gasteiger charge is -2.37. The molecule has 0 bridgehead atoms. The van der Waals surface area contributed by atoms with Gasteiger partial charge >= 0.3 is 0 Å². The summed E-state index contributed by atoms with van der Waals surface area (Å²) >= 11 is 0. The maximum Gasteiger partial charge on any atom is 0.199 e. The first-order chi connectivity index (χ1) is 7.28. The van der Waals surface area contributed by atoms with Gasteiger partial charge in [-0.05, 0) is 19.1 Å². The molecule has 1 rings (SSSR count). The molecule has 16 heavy (non-hydrogen) atoms. The second-order valence-corrected chi connectivity index (χ2v) is 10.4. The Kier molecular flexibility index (Phi) is 3.78. The van der Waals surface area contributed by atoms with E-state index in [4.69, 9.17) is 10.5 Å². The molecule has 0 aliphatic heterocycles. The zero-order chi connectivity index (χ0) is 12.4. The van der Waals surface area contributed by atoms with Gasteiger partial charge in [-0.3, -0.25) is 0 Å². The van der Waals surface area contributed by atoms with Crippen molar-refractivity contribution in [1.29, 1.82) is 0 Å². The quantitative estimate of drug-likeness (QED) is 0.623. The topological polar surface area (TPSA) is 55.5 Å². The highest BCUT2D eigenvalue weighted by Crippen LogP contribution is 2.24. The minimum absolute atomic E-state index is 0.122. The third-order valence-electron chi connectivity index (χ3n) is 2.76. The van der Waals surface area contributed by atoms with E-state index in [0.29, 0.717) is 5.75 Å². The first-order valence-electron chi connectivity index (χ1n) is 5.47. The van der Waals surface area contributed by atoms with Gasteiger partial charge < -0.3 is 15.6 Å². The van der Waals surface area contributed by atoms with Gasteiger partial charge in [-0.15, -0.1) is 0 Å². The number of rotatable bonds is 4. The molecule has 0 fully saturated rings. The van der Waals surface area contributed by atoms with Gasteiger partial charge in [0.1, 0.15) is 13.8 Å². The van der Waals surface area contributed by atoms with Crippen molar-refractivity contribution in [3.05, 3.63) is 29.8 Å². The van der Waals surface area contributed by atoms with E-state index in [9.17, 15) is 5.11 Å². The van der Waals surface area contributed by atoms with Crippen molar-refractivity contribution < 1.29 is 9.84 Å². The molecular formula is C12H21NO2Si. The number of hydrogen-bond acceptors (Lipinski definition) is 3. The van der Waals surface area contributed by atoms with Gasteiger partial charge in [-0.25, -0.2) is 0 Å². The molecule has 0 aliphatic rings. The zero-order valence-electron chi connectivity index (χ0n) is 10.4. The number of hydrogen-bond donors (Lipinski definition) is 2. The third-order valence-corrected chi connectivity index (χ3v) is 5.41. The zero-order valence-corrected chi connectivity index (χ0v) is 11.4. The average molecular weight is 239 g/mol. The number of aliphatic hydroxyl groups is 1. The van der Waals surface area contributed by atoms with Crippen molar-refractivity contribution >= 4 is 8.07 Å². The molecule has 0 aromatic heterocycles. The van der Waals surface area contributed by atoms with Crippen LogP contribution in [0.15, 0.2) is 24.3 Å². The van der Waals surface area contributed by atoms with Crippen molar-refractivity contribution in [2.75, 3.05) is 6.54 Å². The Labute approximate surface area is 98.2 Å². The Bertz CT molecular complexity index is 345. The van der Waals surface area contributed by atoms with Crippen molar-refractivity contribution in [1.82, 2.24) is 0 Å². The maximum atomic E-state index is 10.4. The monoisotopic (exact) mass is 239 g/mol. The molecule has 1 aromatic rings. The number of ether oxygens (including phenoxy) is 1. The molecule has 0 spiro atoms. The highest BCUT2D eigenvalue weighted by atomic mass is 28.3. The van der Waals surface area contributed by atoms with Gasteiger partial charge in [0.05, 0.1) is 6.54 Å². The Morgan fingerprint density at radius 2 is 1.75 bits per heavy atom. The summed E-state index contributed by atoms with van der Waals surface area (Å²) in [7, 11) is -1.90. The first-order valence-corrected chi connectivity index (χ1v) is 8.97. The standard InChI is InChI=1S/C12H21NO2Si/c1-10-5-7-11(8-6-10)15-12(14,9-13)16(2,3)4/h5-8,14H,9,13H2,1-4H3/t12-/m1/s1. The number of aryl methyl sites for hydroxylation is 1. The normalized spacial score (nSPS) is 15.6. The maximum absolute atomic E-state index is 10.4. The third kappa shape index (κ3) is 2.84. The molecule has 3 N–H and O–H groups in total. The van der Waals surface area contributed by atoms with Gasteiger partial charge in [0, 0.05) is 0 Å². The molecule has 0 unspecified atom stereocenters. The van der Waals surface area contributed by atoms with Crippen LogP contribution in [-0.2, 0) is 0 Å². The largest absolute Gasteiger partial charge is 0.465 e. The van der Waals surface area contributed by atoms with Crippen molar-refractivity contribution in [2.24, 2.45) is 5.73 Å². The summed E-state index contributed by atoms with van der Waals surface area (Å²) in [6.07, 6.45) is 0. The van der Waals surface area contributed by atoms with E-state index in [0.717, 1.165) is 5.56 Å². The Morgan fingerprint density at radius 1 is 1.25 bits per heavy atom. The average Bonchev–Trinajstić information content (AvgIpc) is 2.19. The van der Waals surface area contributed by atoms with Crippen LogP contribution in [0.4, 0.5) is 0 Å².